The number of hydrogen-bond donors (Lipinski definition) is 0. The minimum atomic E-state index is 0.100. The van der Waals surface area contributed by atoms with Gasteiger partial charge in [-0.15, -0.1) is 0 Å². The molecule has 0 aliphatic heterocycles. The molecule has 0 fully saturated rings. The Hall–Kier alpha value is -1.31. The number of benzene rings is 1. The summed E-state index contributed by atoms with van der Waals surface area (Å²) < 4.78 is 5.15. The van der Waals surface area contributed by atoms with E-state index in [0.717, 1.165) is 22.4 Å². The van der Waals surface area contributed by atoms with E-state index < -0.39 is 0 Å². The van der Waals surface area contributed by atoms with E-state index in [1.54, 1.807) is 14.0 Å². The van der Waals surface area contributed by atoms with Crippen molar-refractivity contribution < 1.29 is 9.53 Å². The van der Waals surface area contributed by atoms with Crippen molar-refractivity contribution in [2.24, 2.45) is 0 Å². The van der Waals surface area contributed by atoms with Crippen LogP contribution in [0.1, 0.15) is 42.3 Å². The van der Waals surface area contributed by atoms with Gasteiger partial charge in [0.2, 0.25) is 0 Å². The SMILES string of the molecule is CC.COc1ccc(C(C)=O)c(C)c1C. The first-order valence-electron chi connectivity index (χ1n) is 5.23. The van der Waals surface area contributed by atoms with Crippen LogP contribution in [-0.2, 0) is 0 Å². The van der Waals surface area contributed by atoms with Crippen molar-refractivity contribution in [1.29, 1.82) is 0 Å². The third kappa shape index (κ3) is 3.08. The van der Waals surface area contributed by atoms with E-state index in [4.69, 9.17) is 4.74 Å². The Balaban J connectivity index is 0.000000921. The molecule has 0 unspecified atom stereocenters. The van der Waals surface area contributed by atoms with Gasteiger partial charge in [0.15, 0.2) is 5.78 Å². The summed E-state index contributed by atoms with van der Waals surface area (Å²) in [5, 5.41) is 0. The maximum absolute atomic E-state index is 11.2. The van der Waals surface area contributed by atoms with Gasteiger partial charge >= 0.3 is 0 Å². The molecule has 15 heavy (non-hydrogen) atoms. The first-order valence-corrected chi connectivity index (χ1v) is 5.23. The van der Waals surface area contributed by atoms with Crippen LogP contribution in [0.3, 0.4) is 0 Å². The monoisotopic (exact) mass is 208 g/mol. The summed E-state index contributed by atoms with van der Waals surface area (Å²) in [7, 11) is 1.63. The highest BCUT2D eigenvalue weighted by Crippen LogP contribution is 2.23. The van der Waals surface area contributed by atoms with Crippen LogP contribution in [0.25, 0.3) is 0 Å². The molecular formula is C13H20O2. The van der Waals surface area contributed by atoms with Crippen molar-refractivity contribution in [1.82, 2.24) is 0 Å². The van der Waals surface area contributed by atoms with Crippen LogP contribution in [0.2, 0.25) is 0 Å². The average Bonchev–Trinajstić information content (AvgIpc) is 2.24. The summed E-state index contributed by atoms with van der Waals surface area (Å²) >= 11 is 0. The van der Waals surface area contributed by atoms with Crippen LogP contribution < -0.4 is 4.74 Å². The molecule has 1 rings (SSSR count). The van der Waals surface area contributed by atoms with Gasteiger partial charge in [0.25, 0.3) is 0 Å². The summed E-state index contributed by atoms with van der Waals surface area (Å²) in [5.41, 5.74) is 2.82. The Morgan fingerprint density at radius 3 is 2.07 bits per heavy atom. The average molecular weight is 208 g/mol. The second-order valence-corrected chi connectivity index (χ2v) is 3.12. The van der Waals surface area contributed by atoms with E-state index in [0.29, 0.717) is 0 Å². The lowest BCUT2D eigenvalue weighted by molar-refractivity contribution is 0.101. The molecule has 0 radical (unpaired) electrons. The third-order valence-corrected chi connectivity index (χ3v) is 2.34. The molecule has 0 bridgehead atoms. The Morgan fingerprint density at radius 2 is 1.67 bits per heavy atom. The minimum Gasteiger partial charge on any atom is -0.496 e. The Kier molecular flexibility index (Phi) is 5.68. The Bertz CT molecular complexity index is 341. The molecule has 0 heterocycles. The third-order valence-electron chi connectivity index (χ3n) is 2.34. The van der Waals surface area contributed by atoms with Gasteiger partial charge in [0.1, 0.15) is 5.75 Å². The number of methoxy groups -OCH3 is 1. The molecule has 0 atom stereocenters. The first-order chi connectivity index (χ1) is 7.07. The van der Waals surface area contributed by atoms with Gasteiger partial charge in [0.05, 0.1) is 7.11 Å². The van der Waals surface area contributed by atoms with Gasteiger partial charge in [-0.05, 0) is 44.0 Å². The molecule has 0 spiro atoms. The van der Waals surface area contributed by atoms with Crippen LogP contribution in [0, 0.1) is 13.8 Å². The van der Waals surface area contributed by atoms with E-state index >= 15 is 0 Å². The van der Waals surface area contributed by atoms with Gasteiger partial charge in [-0.3, -0.25) is 4.79 Å². The van der Waals surface area contributed by atoms with Crippen molar-refractivity contribution in [2.45, 2.75) is 34.6 Å². The molecule has 0 amide bonds. The van der Waals surface area contributed by atoms with Crippen molar-refractivity contribution in [2.75, 3.05) is 7.11 Å². The van der Waals surface area contributed by atoms with Crippen molar-refractivity contribution in [3.05, 3.63) is 28.8 Å². The summed E-state index contributed by atoms with van der Waals surface area (Å²) in [6.45, 7) is 9.48. The van der Waals surface area contributed by atoms with Crippen molar-refractivity contribution >= 4 is 5.78 Å². The van der Waals surface area contributed by atoms with Crippen LogP contribution in [-0.4, -0.2) is 12.9 Å². The van der Waals surface area contributed by atoms with Crippen molar-refractivity contribution in [3.63, 3.8) is 0 Å². The number of carbonyl (C=O) groups excluding carboxylic acids is 1. The lowest BCUT2D eigenvalue weighted by atomic mass is 10.00. The quantitative estimate of drug-likeness (QED) is 0.695. The van der Waals surface area contributed by atoms with Crippen LogP contribution in [0.4, 0.5) is 0 Å². The molecule has 1 aromatic carbocycles. The van der Waals surface area contributed by atoms with Gasteiger partial charge in [-0.25, -0.2) is 0 Å². The number of ketones is 1. The van der Waals surface area contributed by atoms with Gasteiger partial charge in [-0.2, -0.15) is 0 Å². The molecular weight excluding hydrogens is 188 g/mol. The lowest BCUT2D eigenvalue weighted by Crippen LogP contribution is -1.99. The van der Waals surface area contributed by atoms with Crippen LogP contribution in [0.5, 0.6) is 5.75 Å². The van der Waals surface area contributed by atoms with Gasteiger partial charge < -0.3 is 4.74 Å². The molecule has 2 heteroatoms. The molecule has 0 N–H and O–H groups in total. The fraction of sp³-hybridized carbons (Fsp3) is 0.462. The Morgan fingerprint density at radius 1 is 1.13 bits per heavy atom. The topological polar surface area (TPSA) is 26.3 Å². The largest absolute Gasteiger partial charge is 0.496 e. The number of carbonyl (C=O) groups is 1. The maximum atomic E-state index is 11.2. The van der Waals surface area contributed by atoms with E-state index in [2.05, 4.69) is 0 Å². The van der Waals surface area contributed by atoms with Crippen LogP contribution >= 0.6 is 0 Å². The number of hydrogen-bond acceptors (Lipinski definition) is 2. The first kappa shape index (κ1) is 13.7. The van der Waals surface area contributed by atoms with Crippen LogP contribution in [0.15, 0.2) is 12.1 Å². The summed E-state index contributed by atoms with van der Waals surface area (Å²) in [4.78, 5) is 11.2. The van der Waals surface area contributed by atoms with Crippen molar-refractivity contribution in [3.8, 4) is 5.75 Å². The minimum absolute atomic E-state index is 0.100. The van der Waals surface area contributed by atoms with E-state index in [-0.39, 0.29) is 5.78 Å². The van der Waals surface area contributed by atoms with E-state index in [1.165, 1.54) is 0 Å². The molecule has 84 valence electrons. The highest BCUT2D eigenvalue weighted by atomic mass is 16.5. The second kappa shape index (κ2) is 6.23. The summed E-state index contributed by atoms with van der Waals surface area (Å²) in [6, 6.07) is 3.64. The molecule has 0 aliphatic rings. The predicted molar refractivity (Wildman–Crippen MR) is 63.8 cm³/mol. The highest BCUT2D eigenvalue weighted by Gasteiger charge is 2.08. The van der Waals surface area contributed by atoms with E-state index in [9.17, 15) is 4.79 Å². The normalized spacial score (nSPS) is 8.93. The molecule has 1 aromatic rings. The fourth-order valence-electron chi connectivity index (χ4n) is 1.40. The smallest absolute Gasteiger partial charge is 0.160 e. The number of Topliss-reactive ketones (excluding diaryl/α,β-unsaturated/α-hetero) is 1. The fourth-order valence-corrected chi connectivity index (χ4v) is 1.40. The number of ether oxygens (including phenoxy) is 1. The maximum Gasteiger partial charge on any atom is 0.160 e. The molecule has 0 saturated carbocycles. The lowest BCUT2D eigenvalue weighted by Gasteiger charge is -2.10. The summed E-state index contributed by atoms with van der Waals surface area (Å²) in [5.74, 6) is 0.936. The predicted octanol–water partition coefficient (Wildman–Crippen LogP) is 3.54. The van der Waals surface area contributed by atoms with Gasteiger partial charge in [0, 0.05) is 5.56 Å². The summed E-state index contributed by atoms with van der Waals surface area (Å²) in [6.07, 6.45) is 0. The Labute approximate surface area is 92.3 Å². The zero-order valence-corrected chi connectivity index (χ0v) is 10.5. The zero-order valence-electron chi connectivity index (χ0n) is 10.5. The van der Waals surface area contributed by atoms with Gasteiger partial charge in [-0.1, -0.05) is 13.8 Å². The number of rotatable bonds is 2. The standard InChI is InChI=1S/C11H14O2.C2H6/c1-7-8(2)11(13-4)6-5-10(7)9(3)12;1-2/h5-6H,1-4H3;1-2H3. The zero-order chi connectivity index (χ0) is 12.0. The molecule has 2 nitrogen and oxygen atoms in total. The molecule has 0 saturated heterocycles. The molecule has 0 aliphatic carbocycles. The molecule has 0 aromatic heterocycles. The second-order valence-electron chi connectivity index (χ2n) is 3.12. The van der Waals surface area contributed by atoms with E-state index in [1.807, 2.05) is 39.8 Å². The highest BCUT2D eigenvalue weighted by molar-refractivity contribution is 5.96.